The number of fused-ring (bicyclic) bond motifs is 4. The van der Waals surface area contributed by atoms with E-state index in [0.29, 0.717) is 17.7 Å². The molecule has 3 aliphatic heterocycles. The van der Waals surface area contributed by atoms with E-state index in [0.717, 1.165) is 15.8 Å². The van der Waals surface area contributed by atoms with Gasteiger partial charge in [-0.1, -0.05) is 0 Å². The van der Waals surface area contributed by atoms with Gasteiger partial charge in [-0.2, -0.15) is 0 Å². The summed E-state index contributed by atoms with van der Waals surface area (Å²) in [6.07, 6.45) is 2.40. The van der Waals surface area contributed by atoms with Crippen LogP contribution >= 0.6 is 11.3 Å². The van der Waals surface area contributed by atoms with Crippen LogP contribution in [0.25, 0.3) is 10.1 Å². The molecule has 1 amide bonds. The van der Waals surface area contributed by atoms with Crippen LogP contribution in [-0.2, 0) is 0 Å². The van der Waals surface area contributed by atoms with Gasteiger partial charge < -0.3 is 5.32 Å². The fraction of sp³-hybridized carbons (Fsp3) is 0.529. The maximum Gasteiger partial charge on any atom is 0.270 e. The number of piperidine rings is 3. The van der Waals surface area contributed by atoms with Gasteiger partial charge in [0, 0.05) is 27.9 Å². The maximum absolute atomic E-state index is 12.7. The van der Waals surface area contributed by atoms with Crippen molar-refractivity contribution in [2.75, 3.05) is 13.1 Å². The first kappa shape index (κ1) is 14.2. The molecule has 5 heterocycles. The molecule has 0 aliphatic carbocycles. The lowest BCUT2D eigenvalue weighted by atomic mass is 9.79. The van der Waals surface area contributed by atoms with Gasteiger partial charge in [0.25, 0.3) is 5.91 Å². The summed E-state index contributed by atoms with van der Waals surface area (Å²) in [7, 11) is 0. The second kappa shape index (κ2) is 5.32. The van der Waals surface area contributed by atoms with Gasteiger partial charge in [0.1, 0.15) is 5.69 Å². The third kappa shape index (κ3) is 2.23. The Morgan fingerprint density at radius 1 is 1.41 bits per heavy atom. The van der Waals surface area contributed by atoms with E-state index in [1.807, 2.05) is 13.0 Å². The average molecular weight is 315 g/mol. The summed E-state index contributed by atoms with van der Waals surface area (Å²) in [4.78, 5) is 19.7. The third-order valence-corrected chi connectivity index (χ3v) is 6.21. The zero-order chi connectivity index (χ0) is 15.3. The Hall–Kier alpha value is -1.46. The summed E-state index contributed by atoms with van der Waals surface area (Å²) in [5, 5.41) is 6.46. The van der Waals surface area contributed by atoms with E-state index in [2.05, 4.69) is 33.6 Å². The number of aromatic nitrogens is 1. The van der Waals surface area contributed by atoms with Gasteiger partial charge in [0.05, 0.1) is 0 Å². The van der Waals surface area contributed by atoms with Gasteiger partial charge in [-0.05, 0) is 63.2 Å². The topological polar surface area (TPSA) is 45.2 Å². The van der Waals surface area contributed by atoms with Gasteiger partial charge in [-0.3, -0.25) is 9.69 Å². The molecule has 0 saturated carbocycles. The highest BCUT2D eigenvalue weighted by atomic mass is 32.1. The van der Waals surface area contributed by atoms with E-state index in [9.17, 15) is 4.79 Å². The van der Waals surface area contributed by atoms with E-state index in [-0.39, 0.29) is 11.9 Å². The number of amides is 1. The zero-order valence-electron chi connectivity index (χ0n) is 13.0. The van der Waals surface area contributed by atoms with E-state index >= 15 is 0 Å². The van der Waals surface area contributed by atoms with E-state index in [1.54, 1.807) is 11.3 Å². The van der Waals surface area contributed by atoms with Crippen LogP contribution in [-0.4, -0.2) is 41.0 Å². The molecule has 22 heavy (non-hydrogen) atoms. The predicted octanol–water partition coefficient (Wildman–Crippen LogP) is 2.82. The molecule has 3 aliphatic rings. The summed E-state index contributed by atoms with van der Waals surface area (Å²) in [6.45, 7) is 6.56. The molecule has 0 radical (unpaired) electrons. The van der Waals surface area contributed by atoms with Crippen LogP contribution in [0.1, 0.15) is 35.9 Å². The van der Waals surface area contributed by atoms with Crippen molar-refractivity contribution in [3.8, 4) is 0 Å². The fourth-order valence-corrected chi connectivity index (χ4v) is 4.89. The third-order valence-electron chi connectivity index (χ3n) is 5.35. The molecular formula is C17H21N3OS. The van der Waals surface area contributed by atoms with Crippen LogP contribution in [0.2, 0.25) is 0 Å². The molecule has 5 heteroatoms. The molecule has 2 atom stereocenters. The molecule has 5 rings (SSSR count). The summed E-state index contributed by atoms with van der Waals surface area (Å²) in [5.74, 6) is 0.597. The fourth-order valence-electron chi connectivity index (χ4n) is 4.02. The SMILES string of the molecule is Cc1nc(C(=O)N[C@@H]2C3CCN(CC3)[C@@H]2C)cc2sccc12. The van der Waals surface area contributed by atoms with Crippen LogP contribution < -0.4 is 5.32 Å². The zero-order valence-corrected chi connectivity index (χ0v) is 13.8. The van der Waals surface area contributed by atoms with Crippen LogP contribution in [0.5, 0.6) is 0 Å². The summed E-state index contributed by atoms with van der Waals surface area (Å²) < 4.78 is 1.14. The Kier molecular flexibility index (Phi) is 3.42. The van der Waals surface area contributed by atoms with E-state index < -0.39 is 0 Å². The van der Waals surface area contributed by atoms with Crippen molar-refractivity contribution in [3.05, 3.63) is 28.9 Å². The van der Waals surface area contributed by atoms with Crippen molar-refractivity contribution >= 4 is 27.3 Å². The molecule has 1 N–H and O–H groups in total. The summed E-state index contributed by atoms with van der Waals surface area (Å²) in [5.41, 5.74) is 1.49. The van der Waals surface area contributed by atoms with Crippen molar-refractivity contribution in [2.45, 2.75) is 38.8 Å². The standard InChI is InChI=1S/C17H21N3OS/c1-10-13-5-8-22-15(13)9-14(18-10)17(21)19-16-11(2)20-6-3-12(16)4-7-20/h5,8-9,11-12,16H,3-4,6-7H2,1-2H3,(H,19,21)/t11-,16+/m1/s1. The molecule has 3 saturated heterocycles. The van der Waals surface area contributed by atoms with Crippen molar-refractivity contribution in [1.82, 2.24) is 15.2 Å². The van der Waals surface area contributed by atoms with Crippen molar-refractivity contribution in [3.63, 3.8) is 0 Å². The minimum atomic E-state index is -0.0241. The Labute approximate surface area is 134 Å². The lowest BCUT2D eigenvalue weighted by molar-refractivity contribution is 0.0216. The van der Waals surface area contributed by atoms with Crippen LogP contribution in [0.3, 0.4) is 0 Å². The Morgan fingerprint density at radius 3 is 2.91 bits per heavy atom. The minimum absolute atomic E-state index is 0.0241. The number of pyridine rings is 1. The first-order valence-electron chi connectivity index (χ1n) is 8.03. The number of carbonyl (C=O) groups excluding carboxylic acids is 1. The molecule has 0 aromatic carbocycles. The van der Waals surface area contributed by atoms with Gasteiger partial charge >= 0.3 is 0 Å². The minimum Gasteiger partial charge on any atom is -0.346 e. The van der Waals surface area contributed by atoms with Crippen molar-refractivity contribution in [2.24, 2.45) is 5.92 Å². The molecule has 3 fully saturated rings. The predicted molar refractivity (Wildman–Crippen MR) is 89.4 cm³/mol. The van der Waals surface area contributed by atoms with Gasteiger partial charge in [0.15, 0.2) is 0 Å². The number of nitrogens with zero attached hydrogens (tertiary/aromatic N) is 2. The molecular weight excluding hydrogens is 294 g/mol. The maximum atomic E-state index is 12.7. The highest BCUT2D eigenvalue weighted by Crippen LogP contribution is 2.32. The molecule has 4 nitrogen and oxygen atoms in total. The molecule has 0 spiro atoms. The van der Waals surface area contributed by atoms with E-state index in [1.165, 1.54) is 25.9 Å². The van der Waals surface area contributed by atoms with Crippen LogP contribution in [0, 0.1) is 12.8 Å². The number of rotatable bonds is 2. The Balaban J connectivity index is 1.58. The van der Waals surface area contributed by atoms with Gasteiger partial charge in [-0.15, -0.1) is 11.3 Å². The molecule has 2 aromatic heterocycles. The Bertz CT molecular complexity index is 716. The number of thiophene rings is 1. The highest BCUT2D eigenvalue weighted by Gasteiger charge is 2.40. The summed E-state index contributed by atoms with van der Waals surface area (Å²) in [6, 6.07) is 4.69. The number of carbonyl (C=O) groups is 1. The number of hydrogen-bond acceptors (Lipinski definition) is 4. The first-order chi connectivity index (χ1) is 10.6. The van der Waals surface area contributed by atoms with Gasteiger partial charge in [-0.25, -0.2) is 4.98 Å². The largest absolute Gasteiger partial charge is 0.346 e. The average Bonchev–Trinajstić information content (AvgIpc) is 3.00. The number of aryl methyl sites for hydroxylation is 1. The normalized spacial score (nSPS) is 30.6. The van der Waals surface area contributed by atoms with Crippen LogP contribution in [0.15, 0.2) is 17.5 Å². The van der Waals surface area contributed by atoms with Crippen molar-refractivity contribution in [1.29, 1.82) is 0 Å². The summed E-state index contributed by atoms with van der Waals surface area (Å²) >= 11 is 1.66. The number of hydrogen-bond donors (Lipinski definition) is 1. The smallest absolute Gasteiger partial charge is 0.270 e. The molecule has 2 aromatic rings. The monoisotopic (exact) mass is 315 g/mol. The second-order valence-electron chi connectivity index (χ2n) is 6.54. The van der Waals surface area contributed by atoms with Crippen LogP contribution in [0.4, 0.5) is 0 Å². The lowest BCUT2D eigenvalue weighted by Gasteiger charge is -2.49. The Morgan fingerprint density at radius 2 is 2.18 bits per heavy atom. The van der Waals surface area contributed by atoms with E-state index in [4.69, 9.17) is 0 Å². The molecule has 2 bridgehead atoms. The lowest BCUT2D eigenvalue weighted by Crippen LogP contribution is -2.62. The molecule has 116 valence electrons. The number of nitrogens with one attached hydrogen (secondary N) is 1. The second-order valence-corrected chi connectivity index (χ2v) is 7.49. The quantitative estimate of drug-likeness (QED) is 0.927. The first-order valence-corrected chi connectivity index (χ1v) is 8.91. The molecule has 0 unspecified atom stereocenters. The highest BCUT2D eigenvalue weighted by molar-refractivity contribution is 7.17. The van der Waals surface area contributed by atoms with Gasteiger partial charge in [0.2, 0.25) is 0 Å². The van der Waals surface area contributed by atoms with Crippen molar-refractivity contribution < 1.29 is 4.79 Å².